The minimum absolute atomic E-state index is 0.0288. The number of aryl methyl sites for hydroxylation is 1. The van der Waals surface area contributed by atoms with E-state index < -0.39 is 0 Å². The van der Waals surface area contributed by atoms with Gasteiger partial charge in [-0.3, -0.25) is 0 Å². The van der Waals surface area contributed by atoms with Crippen LogP contribution >= 0.6 is 11.3 Å². The van der Waals surface area contributed by atoms with Gasteiger partial charge in [0.05, 0.1) is 6.61 Å². The predicted molar refractivity (Wildman–Crippen MR) is 40.2 cm³/mol. The molecule has 1 saturated heterocycles. The normalized spacial score (nSPS) is 30.6. The second-order valence-corrected chi connectivity index (χ2v) is 3.67. The molecular weight excluding hydrogens is 146 g/mol. The topological polar surface area (TPSA) is 25.4 Å². The molecule has 0 saturated carbocycles. The molecule has 54 valence electrons. The molecule has 0 amide bonds. The number of nitrogens with zero attached hydrogens (tertiary/aromatic N) is 1. The van der Waals surface area contributed by atoms with E-state index in [0.717, 1.165) is 17.3 Å². The SMILES string of the molecule is Cc1csc(C2(C)CO2)n1. The van der Waals surface area contributed by atoms with Crippen molar-refractivity contribution < 1.29 is 4.74 Å². The van der Waals surface area contributed by atoms with Gasteiger partial charge in [-0.15, -0.1) is 11.3 Å². The number of thiazole rings is 1. The summed E-state index contributed by atoms with van der Waals surface area (Å²) in [5.74, 6) is 0. The maximum Gasteiger partial charge on any atom is 0.140 e. The van der Waals surface area contributed by atoms with Crippen LogP contribution in [0.1, 0.15) is 17.6 Å². The second kappa shape index (κ2) is 1.80. The second-order valence-electron chi connectivity index (χ2n) is 2.81. The molecule has 1 fully saturated rings. The van der Waals surface area contributed by atoms with Crippen LogP contribution in [0.3, 0.4) is 0 Å². The summed E-state index contributed by atoms with van der Waals surface area (Å²) in [6, 6.07) is 0. The zero-order chi connectivity index (χ0) is 7.19. The van der Waals surface area contributed by atoms with Gasteiger partial charge in [-0.25, -0.2) is 4.98 Å². The molecule has 0 radical (unpaired) electrons. The van der Waals surface area contributed by atoms with Gasteiger partial charge in [0.25, 0.3) is 0 Å². The Labute approximate surface area is 63.9 Å². The van der Waals surface area contributed by atoms with Gasteiger partial charge in [0.15, 0.2) is 0 Å². The number of hydrogen-bond acceptors (Lipinski definition) is 3. The molecule has 0 bridgehead atoms. The lowest BCUT2D eigenvalue weighted by molar-refractivity contribution is 0.328. The Hall–Kier alpha value is -0.410. The summed E-state index contributed by atoms with van der Waals surface area (Å²) < 4.78 is 5.24. The first-order valence-corrected chi connectivity index (χ1v) is 4.15. The Morgan fingerprint density at radius 3 is 2.90 bits per heavy atom. The molecule has 0 aliphatic carbocycles. The molecular formula is C7H9NOS. The number of rotatable bonds is 1. The van der Waals surface area contributed by atoms with Crippen LogP contribution in [0.25, 0.3) is 0 Å². The Morgan fingerprint density at radius 2 is 2.50 bits per heavy atom. The van der Waals surface area contributed by atoms with Crippen molar-refractivity contribution in [1.29, 1.82) is 0 Å². The lowest BCUT2D eigenvalue weighted by Gasteiger charge is -1.95. The van der Waals surface area contributed by atoms with Gasteiger partial charge >= 0.3 is 0 Å². The monoisotopic (exact) mass is 155 g/mol. The van der Waals surface area contributed by atoms with Gasteiger partial charge in [0.2, 0.25) is 0 Å². The van der Waals surface area contributed by atoms with Gasteiger partial charge in [-0.2, -0.15) is 0 Å². The molecule has 0 spiro atoms. The van der Waals surface area contributed by atoms with Crippen molar-refractivity contribution in [3.8, 4) is 0 Å². The highest BCUT2D eigenvalue weighted by Crippen LogP contribution is 2.39. The molecule has 1 unspecified atom stereocenters. The molecule has 1 atom stereocenters. The van der Waals surface area contributed by atoms with E-state index in [2.05, 4.69) is 17.3 Å². The van der Waals surface area contributed by atoms with E-state index in [1.807, 2.05) is 6.92 Å². The van der Waals surface area contributed by atoms with Crippen LogP contribution in [0.15, 0.2) is 5.38 Å². The lowest BCUT2D eigenvalue weighted by Crippen LogP contribution is -2.00. The van der Waals surface area contributed by atoms with Gasteiger partial charge in [-0.05, 0) is 13.8 Å². The fourth-order valence-electron chi connectivity index (χ4n) is 0.829. The van der Waals surface area contributed by atoms with E-state index in [-0.39, 0.29) is 5.60 Å². The quantitative estimate of drug-likeness (QED) is 0.577. The first-order valence-electron chi connectivity index (χ1n) is 3.27. The van der Waals surface area contributed by atoms with E-state index in [4.69, 9.17) is 4.74 Å². The predicted octanol–water partition coefficient (Wildman–Crippen LogP) is 1.70. The number of epoxide rings is 1. The smallest absolute Gasteiger partial charge is 0.140 e. The molecule has 2 heterocycles. The van der Waals surface area contributed by atoms with Crippen LogP contribution in [0.4, 0.5) is 0 Å². The Kier molecular flexibility index (Phi) is 1.13. The summed E-state index contributed by atoms with van der Waals surface area (Å²) in [5, 5.41) is 3.17. The van der Waals surface area contributed by atoms with Gasteiger partial charge in [0, 0.05) is 11.1 Å². The summed E-state index contributed by atoms with van der Waals surface area (Å²) in [4.78, 5) is 4.34. The molecule has 1 aromatic heterocycles. The van der Waals surface area contributed by atoms with Crippen molar-refractivity contribution >= 4 is 11.3 Å². The third-order valence-electron chi connectivity index (χ3n) is 1.65. The highest BCUT2D eigenvalue weighted by Gasteiger charge is 2.43. The number of aromatic nitrogens is 1. The maximum absolute atomic E-state index is 5.24. The molecule has 2 rings (SSSR count). The maximum atomic E-state index is 5.24. The minimum Gasteiger partial charge on any atom is -0.362 e. The van der Waals surface area contributed by atoms with E-state index in [0.29, 0.717) is 0 Å². The van der Waals surface area contributed by atoms with E-state index >= 15 is 0 Å². The van der Waals surface area contributed by atoms with Crippen molar-refractivity contribution in [2.45, 2.75) is 19.4 Å². The standard InChI is InChI=1S/C7H9NOS/c1-5-3-10-6(8-5)7(2)4-9-7/h3H,4H2,1-2H3. The summed E-state index contributed by atoms with van der Waals surface area (Å²) in [6.45, 7) is 4.91. The zero-order valence-electron chi connectivity index (χ0n) is 6.05. The summed E-state index contributed by atoms with van der Waals surface area (Å²) in [6.07, 6.45) is 0. The minimum atomic E-state index is -0.0288. The number of ether oxygens (including phenoxy) is 1. The molecule has 0 aromatic carbocycles. The molecule has 2 nitrogen and oxygen atoms in total. The summed E-state index contributed by atoms with van der Waals surface area (Å²) in [5.41, 5.74) is 1.07. The van der Waals surface area contributed by atoms with Crippen molar-refractivity contribution in [3.63, 3.8) is 0 Å². The van der Waals surface area contributed by atoms with Gasteiger partial charge < -0.3 is 4.74 Å². The van der Waals surface area contributed by atoms with Crippen LogP contribution in [0.2, 0.25) is 0 Å². The molecule has 10 heavy (non-hydrogen) atoms. The Balaban J connectivity index is 2.34. The van der Waals surface area contributed by atoms with Gasteiger partial charge in [-0.1, -0.05) is 0 Å². The van der Waals surface area contributed by atoms with Crippen LogP contribution in [0, 0.1) is 6.92 Å². The first kappa shape index (κ1) is 6.31. The summed E-state index contributed by atoms with van der Waals surface area (Å²) in [7, 11) is 0. The highest BCUT2D eigenvalue weighted by atomic mass is 32.1. The molecule has 1 aliphatic rings. The van der Waals surface area contributed by atoms with Crippen LogP contribution < -0.4 is 0 Å². The van der Waals surface area contributed by atoms with E-state index in [1.54, 1.807) is 11.3 Å². The van der Waals surface area contributed by atoms with Crippen LogP contribution in [0.5, 0.6) is 0 Å². The van der Waals surface area contributed by atoms with Crippen molar-refractivity contribution in [2.24, 2.45) is 0 Å². The molecule has 0 N–H and O–H groups in total. The summed E-state index contributed by atoms with van der Waals surface area (Å²) >= 11 is 1.68. The van der Waals surface area contributed by atoms with Crippen molar-refractivity contribution in [2.75, 3.05) is 6.61 Å². The third-order valence-corrected chi connectivity index (χ3v) is 2.85. The van der Waals surface area contributed by atoms with Crippen molar-refractivity contribution in [1.82, 2.24) is 4.98 Å². The molecule has 1 aliphatic heterocycles. The van der Waals surface area contributed by atoms with E-state index in [1.165, 1.54) is 0 Å². The van der Waals surface area contributed by atoms with Crippen molar-refractivity contribution in [3.05, 3.63) is 16.1 Å². The fourth-order valence-corrected chi connectivity index (χ4v) is 1.73. The molecule has 1 aromatic rings. The Bertz CT molecular complexity index is 252. The largest absolute Gasteiger partial charge is 0.362 e. The molecule has 3 heteroatoms. The van der Waals surface area contributed by atoms with E-state index in [9.17, 15) is 0 Å². The fraction of sp³-hybridized carbons (Fsp3) is 0.571. The Morgan fingerprint density at radius 1 is 1.80 bits per heavy atom. The van der Waals surface area contributed by atoms with Gasteiger partial charge in [0.1, 0.15) is 10.6 Å². The average Bonchev–Trinajstić information content (AvgIpc) is 2.45. The zero-order valence-corrected chi connectivity index (χ0v) is 6.86. The third kappa shape index (κ3) is 0.859. The highest BCUT2D eigenvalue weighted by molar-refractivity contribution is 7.09. The van der Waals surface area contributed by atoms with Crippen LogP contribution in [-0.2, 0) is 10.3 Å². The first-order chi connectivity index (χ1) is 4.71. The number of hydrogen-bond donors (Lipinski definition) is 0. The lowest BCUT2D eigenvalue weighted by atomic mass is 10.2. The average molecular weight is 155 g/mol. The van der Waals surface area contributed by atoms with Crippen LogP contribution in [-0.4, -0.2) is 11.6 Å².